The number of carbonyl (C=O) groups is 1. The van der Waals surface area contributed by atoms with E-state index in [1.807, 2.05) is 36.4 Å². The van der Waals surface area contributed by atoms with Crippen molar-refractivity contribution < 1.29 is 13.2 Å². The van der Waals surface area contributed by atoms with Gasteiger partial charge in [-0.05, 0) is 71.1 Å². The third-order valence-electron chi connectivity index (χ3n) is 5.93. The fraction of sp³-hybridized carbons (Fsp3) is 0.0741. The molecule has 0 bridgehead atoms. The van der Waals surface area contributed by atoms with E-state index in [4.69, 9.17) is 0 Å². The standard InChI is InChI=1S/C27H22N2O3S/c1-29(23-10-3-2-4-11-23)33(31,32)24-12-7-9-20(18-24)27(30)28-22-14-15-26-21(17-22)16-19-8-5-6-13-25(19)26/h2-15,17-18H,16H2,1H3,(H,28,30). The summed E-state index contributed by atoms with van der Waals surface area (Å²) in [6, 6.07) is 29.1. The van der Waals surface area contributed by atoms with Gasteiger partial charge >= 0.3 is 0 Å². The molecule has 0 saturated carbocycles. The number of rotatable bonds is 5. The summed E-state index contributed by atoms with van der Waals surface area (Å²) in [5.41, 5.74) is 6.35. The zero-order valence-electron chi connectivity index (χ0n) is 18.0. The second-order valence-corrected chi connectivity index (χ2v) is 9.97. The van der Waals surface area contributed by atoms with E-state index in [9.17, 15) is 13.2 Å². The average Bonchev–Trinajstić information content (AvgIpc) is 3.22. The Bertz CT molecular complexity index is 1460. The molecule has 164 valence electrons. The molecule has 1 N–H and O–H groups in total. The van der Waals surface area contributed by atoms with Gasteiger partial charge in [0.05, 0.1) is 10.6 Å². The van der Waals surface area contributed by atoms with E-state index in [1.165, 1.54) is 40.2 Å². The molecule has 5 rings (SSSR count). The van der Waals surface area contributed by atoms with Crippen LogP contribution in [0.15, 0.2) is 102 Å². The maximum atomic E-state index is 13.1. The number of benzene rings is 4. The number of amides is 1. The number of fused-ring (bicyclic) bond motifs is 3. The normalized spacial score (nSPS) is 12.0. The topological polar surface area (TPSA) is 66.5 Å². The monoisotopic (exact) mass is 454 g/mol. The van der Waals surface area contributed by atoms with Crippen molar-refractivity contribution in [3.05, 3.63) is 114 Å². The predicted molar refractivity (Wildman–Crippen MR) is 131 cm³/mol. The van der Waals surface area contributed by atoms with Crippen molar-refractivity contribution in [3.8, 4) is 11.1 Å². The van der Waals surface area contributed by atoms with E-state index in [0.29, 0.717) is 11.4 Å². The molecule has 0 radical (unpaired) electrons. The smallest absolute Gasteiger partial charge is 0.264 e. The van der Waals surface area contributed by atoms with E-state index in [1.54, 1.807) is 36.4 Å². The Morgan fingerprint density at radius 3 is 2.33 bits per heavy atom. The number of nitrogens with zero attached hydrogens (tertiary/aromatic N) is 1. The Morgan fingerprint density at radius 1 is 0.788 bits per heavy atom. The number of anilines is 2. The number of nitrogens with one attached hydrogen (secondary N) is 1. The number of para-hydroxylation sites is 1. The molecule has 0 unspecified atom stereocenters. The first-order valence-corrected chi connectivity index (χ1v) is 12.0. The Hall–Kier alpha value is -3.90. The highest BCUT2D eigenvalue weighted by Gasteiger charge is 2.23. The van der Waals surface area contributed by atoms with Crippen molar-refractivity contribution in [2.24, 2.45) is 0 Å². The van der Waals surface area contributed by atoms with Gasteiger partial charge in [-0.15, -0.1) is 0 Å². The van der Waals surface area contributed by atoms with Crippen molar-refractivity contribution >= 4 is 27.3 Å². The molecule has 1 amide bonds. The molecule has 0 saturated heterocycles. The zero-order valence-corrected chi connectivity index (χ0v) is 18.8. The molecular weight excluding hydrogens is 432 g/mol. The largest absolute Gasteiger partial charge is 0.322 e. The van der Waals surface area contributed by atoms with E-state index < -0.39 is 10.0 Å². The molecule has 33 heavy (non-hydrogen) atoms. The zero-order chi connectivity index (χ0) is 23.0. The van der Waals surface area contributed by atoms with Crippen LogP contribution in [0, 0.1) is 0 Å². The van der Waals surface area contributed by atoms with E-state index in [2.05, 4.69) is 17.4 Å². The Labute approximate surface area is 193 Å². The summed E-state index contributed by atoms with van der Waals surface area (Å²) in [6.45, 7) is 0. The van der Waals surface area contributed by atoms with Crippen LogP contribution < -0.4 is 9.62 Å². The molecule has 0 spiro atoms. The summed E-state index contributed by atoms with van der Waals surface area (Å²) in [5, 5.41) is 2.91. The summed E-state index contributed by atoms with van der Waals surface area (Å²) >= 11 is 0. The third-order valence-corrected chi connectivity index (χ3v) is 7.71. The molecule has 0 aromatic heterocycles. The number of carbonyl (C=O) groups excluding carboxylic acids is 1. The summed E-state index contributed by atoms with van der Waals surface area (Å²) in [7, 11) is -2.31. The average molecular weight is 455 g/mol. The quantitative estimate of drug-likeness (QED) is 0.390. The summed E-state index contributed by atoms with van der Waals surface area (Å²) in [6.07, 6.45) is 0.828. The van der Waals surface area contributed by atoms with Crippen molar-refractivity contribution in [2.45, 2.75) is 11.3 Å². The molecule has 6 heteroatoms. The molecular formula is C27H22N2O3S. The molecule has 0 heterocycles. The van der Waals surface area contributed by atoms with Crippen LogP contribution in [0.4, 0.5) is 11.4 Å². The lowest BCUT2D eigenvalue weighted by Crippen LogP contribution is -2.26. The third kappa shape index (κ3) is 3.90. The highest BCUT2D eigenvalue weighted by Crippen LogP contribution is 2.37. The molecule has 0 fully saturated rings. The van der Waals surface area contributed by atoms with Crippen LogP contribution in [-0.4, -0.2) is 21.4 Å². The van der Waals surface area contributed by atoms with E-state index >= 15 is 0 Å². The maximum Gasteiger partial charge on any atom is 0.264 e. The van der Waals surface area contributed by atoms with Crippen LogP contribution >= 0.6 is 0 Å². The van der Waals surface area contributed by atoms with Crippen LogP contribution in [0.5, 0.6) is 0 Å². The Kier molecular flexibility index (Phi) is 5.23. The minimum Gasteiger partial charge on any atom is -0.322 e. The lowest BCUT2D eigenvalue weighted by atomic mass is 10.1. The molecule has 0 atom stereocenters. The van der Waals surface area contributed by atoms with Crippen molar-refractivity contribution in [2.75, 3.05) is 16.7 Å². The van der Waals surface area contributed by atoms with Gasteiger partial charge in [-0.25, -0.2) is 8.42 Å². The van der Waals surface area contributed by atoms with Gasteiger partial charge < -0.3 is 5.32 Å². The highest BCUT2D eigenvalue weighted by molar-refractivity contribution is 7.92. The maximum absolute atomic E-state index is 13.1. The lowest BCUT2D eigenvalue weighted by Gasteiger charge is -2.19. The summed E-state index contributed by atoms with van der Waals surface area (Å²) in [5.74, 6) is -0.357. The lowest BCUT2D eigenvalue weighted by molar-refractivity contribution is 0.102. The van der Waals surface area contributed by atoms with Gasteiger partial charge in [0.1, 0.15) is 0 Å². The minimum atomic E-state index is -3.81. The van der Waals surface area contributed by atoms with Crippen molar-refractivity contribution in [1.82, 2.24) is 0 Å². The molecule has 1 aliphatic carbocycles. The first-order chi connectivity index (χ1) is 15.9. The number of hydrogen-bond acceptors (Lipinski definition) is 3. The highest BCUT2D eigenvalue weighted by atomic mass is 32.2. The fourth-order valence-electron chi connectivity index (χ4n) is 4.16. The van der Waals surface area contributed by atoms with Crippen molar-refractivity contribution in [1.29, 1.82) is 0 Å². The van der Waals surface area contributed by atoms with Crippen LogP contribution in [0.2, 0.25) is 0 Å². The van der Waals surface area contributed by atoms with Crippen LogP contribution in [0.25, 0.3) is 11.1 Å². The second-order valence-electron chi connectivity index (χ2n) is 8.00. The predicted octanol–water partition coefficient (Wildman–Crippen LogP) is 5.34. The van der Waals surface area contributed by atoms with Crippen LogP contribution in [0.3, 0.4) is 0 Å². The summed E-state index contributed by atoms with van der Waals surface area (Å²) in [4.78, 5) is 13.0. The molecule has 5 nitrogen and oxygen atoms in total. The van der Waals surface area contributed by atoms with E-state index in [0.717, 1.165) is 12.0 Å². The van der Waals surface area contributed by atoms with Crippen LogP contribution in [-0.2, 0) is 16.4 Å². The van der Waals surface area contributed by atoms with Gasteiger partial charge in [0.25, 0.3) is 15.9 Å². The molecule has 4 aromatic carbocycles. The van der Waals surface area contributed by atoms with Gasteiger partial charge in [-0.1, -0.05) is 54.6 Å². The van der Waals surface area contributed by atoms with Gasteiger partial charge in [0, 0.05) is 18.3 Å². The first kappa shape index (κ1) is 21.0. The molecule has 4 aromatic rings. The SMILES string of the molecule is CN(c1ccccc1)S(=O)(=O)c1cccc(C(=O)Nc2ccc3c(c2)Cc2ccccc2-3)c1. The molecule has 1 aliphatic rings. The first-order valence-electron chi connectivity index (χ1n) is 10.6. The molecule has 0 aliphatic heterocycles. The Morgan fingerprint density at radius 2 is 1.52 bits per heavy atom. The van der Waals surface area contributed by atoms with Gasteiger partial charge in [-0.2, -0.15) is 0 Å². The van der Waals surface area contributed by atoms with Crippen molar-refractivity contribution in [3.63, 3.8) is 0 Å². The minimum absolute atomic E-state index is 0.0610. The summed E-state index contributed by atoms with van der Waals surface area (Å²) < 4.78 is 27.4. The number of hydrogen-bond donors (Lipinski definition) is 1. The van der Waals surface area contributed by atoms with Gasteiger partial charge in [0.2, 0.25) is 0 Å². The van der Waals surface area contributed by atoms with E-state index in [-0.39, 0.29) is 16.4 Å². The fourth-order valence-corrected chi connectivity index (χ4v) is 5.40. The number of sulfonamides is 1. The van der Waals surface area contributed by atoms with Gasteiger partial charge in [-0.3, -0.25) is 9.10 Å². The van der Waals surface area contributed by atoms with Crippen LogP contribution in [0.1, 0.15) is 21.5 Å². The van der Waals surface area contributed by atoms with Gasteiger partial charge in [0.15, 0.2) is 0 Å². The Balaban J connectivity index is 1.38. The second kappa shape index (κ2) is 8.22.